The number of benzene rings is 1. The summed E-state index contributed by atoms with van der Waals surface area (Å²) in [6.45, 7) is 0.0611. The summed E-state index contributed by atoms with van der Waals surface area (Å²) < 4.78 is 5.71. The minimum Gasteiger partial charge on any atom is -0.481 e. The van der Waals surface area contributed by atoms with Gasteiger partial charge in [0.2, 0.25) is 0 Å². The van der Waals surface area contributed by atoms with Crippen LogP contribution in [0.15, 0.2) is 36.5 Å². The van der Waals surface area contributed by atoms with Crippen LogP contribution in [-0.2, 0) is 4.79 Å². The predicted octanol–water partition coefficient (Wildman–Crippen LogP) is 2.92. The monoisotopic (exact) mass is 296 g/mol. The van der Waals surface area contributed by atoms with E-state index in [1.54, 1.807) is 6.20 Å². The number of hydrogen-bond donors (Lipinski definition) is 1. The molecule has 2 aliphatic carbocycles. The van der Waals surface area contributed by atoms with E-state index < -0.39 is 0 Å². The molecule has 2 aromatic rings. The lowest BCUT2D eigenvalue weighted by molar-refractivity contribution is -0.124. The summed E-state index contributed by atoms with van der Waals surface area (Å²) in [5.41, 5.74) is 0.804. The lowest BCUT2D eigenvalue weighted by Gasteiger charge is -2.18. The number of nitrogens with one attached hydrogen (secondary N) is 1. The van der Waals surface area contributed by atoms with Gasteiger partial charge in [-0.1, -0.05) is 18.2 Å². The second kappa shape index (κ2) is 5.59. The van der Waals surface area contributed by atoms with Gasteiger partial charge in [-0.2, -0.15) is 0 Å². The molecule has 0 aliphatic heterocycles. The minimum atomic E-state index is -0.0169. The summed E-state index contributed by atoms with van der Waals surface area (Å²) in [4.78, 5) is 16.5. The minimum absolute atomic E-state index is 0.0169. The highest BCUT2D eigenvalue weighted by Gasteiger charge is 2.42. The van der Waals surface area contributed by atoms with Crippen molar-refractivity contribution < 1.29 is 9.53 Å². The van der Waals surface area contributed by atoms with Crippen molar-refractivity contribution in [1.82, 2.24) is 10.3 Å². The van der Waals surface area contributed by atoms with Crippen LogP contribution in [0.2, 0.25) is 0 Å². The third kappa shape index (κ3) is 2.91. The number of amides is 1. The molecule has 114 valence electrons. The van der Waals surface area contributed by atoms with Gasteiger partial charge in [-0.3, -0.25) is 9.78 Å². The molecular weight excluding hydrogens is 276 g/mol. The second-order valence-electron chi connectivity index (χ2n) is 6.39. The molecule has 1 amide bonds. The fourth-order valence-electron chi connectivity index (χ4n) is 3.09. The smallest absolute Gasteiger partial charge is 0.258 e. The zero-order chi connectivity index (χ0) is 14.9. The largest absolute Gasteiger partial charge is 0.481 e. The third-order valence-electron chi connectivity index (χ3n) is 4.54. The fraction of sp³-hybridized carbons (Fsp3) is 0.444. The molecule has 1 aromatic heterocycles. The van der Waals surface area contributed by atoms with Gasteiger partial charge in [-0.05, 0) is 49.7 Å². The molecule has 0 atom stereocenters. The van der Waals surface area contributed by atoms with Crippen LogP contribution in [0, 0.1) is 11.8 Å². The number of carbonyl (C=O) groups is 1. The average molecular weight is 296 g/mol. The molecule has 4 heteroatoms. The van der Waals surface area contributed by atoms with E-state index in [1.165, 1.54) is 25.7 Å². The maximum atomic E-state index is 12.2. The fourth-order valence-corrected chi connectivity index (χ4v) is 3.09. The summed E-state index contributed by atoms with van der Waals surface area (Å²) in [7, 11) is 0. The number of carbonyl (C=O) groups excluding carboxylic acids is 1. The standard InChI is InChI=1S/C18H20N2O2/c21-16(20-17(13-6-7-13)14-8-9-14)11-22-15-5-1-3-12-4-2-10-19-18(12)15/h1-5,10,13-14,17H,6-9,11H2,(H,20,21). The van der Waals surface area contributed by atoms with E-state index in [0.717, 1.165) is 10.9 Å². The molecule has 0 radical (unpaired) electrons. The Morgan fingerprint density at radius 1 is 1.18 bits per heavy atom. The SMILES string of the molecule is O=C(COc1cccc2cccnc12)NC(C1CC1)C1CC1. The molecule has 22 heavy (non-hydrogen) atoms. The zero-order valence-electron chi connectivity index (χ0n) is 12.5. The molecule has 0 bridgehead atoms. The van der Waals surface area contributed by atoms with Crippen molar-refractivity contribution in [2.75, 3.05) is 6.61 Å². The van der Waals surface area contributed by atoms with Gasteiger partial charge in [0.05, 0.1) is 0 Å². The molecule has 4 nitrogen and oxygen atoms in total. The molecular formula is C18H20N2O2. The van der Waals surface area contributed by atoms with E-state index in [4.69, 9.17) is 4.74 Å². The lowest BCUT2D eigenvalue weighted by atomic mass is 10.1. The van der Waals surface area contributed by atoms with Gasteiger partial charge >= 0.3 is 0 Å². The summed E-state index contributed by atoms with van der Waals surface area (Å²) in [6.07, 6.45) is 6.78. The number of pyridine rings is 1. The molecule has 0 unspecified atom stereocenters. The topological polar surface area (TPSA) is 51.2 Å². The van der Waals surface area contributed by atoms with Crippen molar-refractivity contribution in [2.45, 2.75) is 31.7 Å². The van der Waals surface area contributed by atoms with E-state index in [2.05, 4.69) is 10.3 Å². The Kier molecular flexibility index (Phi) is 3.45. The van der Waals surface area contributed by atoms with E-state index in [9.17, 15) is 4.79 Å². The lowest BCUT2D eigenvalue weighted by Crippen LogP contribution is -2.40. The molecule has 1 aromatic carbocycles. The highest BCUT2D eigenvalue weighted by molar-refractivity contribution is 5.85. The van der Waals surface area contributed by atoms with Crippen LogP contribution in [0.3, 0.4) is 0 Å². The van der Waals surface area contributed by atoms with E-state index in [-0.39, 0.29) is 12.5 Å². The first kappa shape index (κ1) is 13.6. The Balaban J connectivity index is 1.39. The van der Waals surface area contributed by atoms with Crippen LogP contribution >= 0.6 is 0 Å². The predicted molar refractivity (Wildman–Crippen MR) is 84.6 cm³/mol. The number of para-hydroxylation sites is 1. The maximum absolute atomic E-state index is 12.2. The number of rotatable bonds is 6. The van der Waals surface area contributed by atoms with Crippen LogP contribution < -0.4 is 10.1 Å². The number of fused-ring (bicyclic) bond motifs is 1. The Bertz CT molecular complexity index is 675. The van der Waals surface area contributed by atoms with Gasteiger partial charge in [0.15, 0.2) is 6.61 Å². The molecule has 1 heterocycles. The van der Waals surface area contributed by atoms with Crippen molar-refractivity contribution >= 4 is 16.8 Å². The Hall–Kier alpha value is -2.10. The molecule has 4 rings (SSSR count). The first-order valence-corrected chi connectivity index (χ1v) is 8.07. The molecule has 0 spiro atoms. The molecule has 1 N–H and O–H groups in total. The normalized spacial score (nSPS) is 17.7. The Labute approximate surface area is 129 Å². The van der Waals surface area contributed by atoms with E-state index >= 15 is 0 Å². The molecule has 2 aliphatic rings. The van der Waals surface area contributed by atoms with Crippen molar-refractivity contribution in [1.29, 1.82) is 0 Å². The third-order valence-corrected chi connectivity index (χ3v) is 4.54. The summed E-state index contributed by atoms with van der Waals surface area (Å²) in [5, 5.41) is 4.20. The van der Waals surface area contributed by atoms with Crippen molar-refractivity contribution in [3.05, 3.63) is 36.5 Å². The summed E-state index contributed by atoms with van der Waals surface area (Å²) in [6, 6.07) is 10.0. The van der Waals surface area contributed by atoms with Gasteiger partial charge in [0, 0.05) is 17.6 Å². The van der Waals surface area contributed by atoms with Crippen LogP contribution in [-0.4, -0.2) is 23.5 Å². The first-order valence-electron chi connectivity index (χ1n) is 8.07. The molecule has 0 saturated heterocycles. The molecule has 2 saturated carbocycles. The van der Waals surface area contributed by atoms with Crippen LogP contribution in [0.5, 0.6) is 5.75 Å². The summed E-state index contributed by atoms with van der Waals surface area (Å²) >= 11 is 0. The zero-order valence-corrected chi connectivity index (χ0v) is 12.5. The quantitative estimate of drug-likeness (QED) is 0.891. The maximum Gasteiger partial charge on any atom is 0.258 e. The van der Waals surface area contributed by atoms with Gasteiger partial charge < -0.3 is 10.1 Å². The Morgan fingerprint density at radius 2 is 1.91 bits per heavy atom. The highest BCUT2D eigenvalue weighted by atomic mass is 16.5. The van der Waals surface area contributed by atoms with Crippen LogP contribution in [0.1, 0.15) is 25.7 Å². The number of hydrogen-bond acceptors (Lipinski definition) is 3. The highest BCUT2D eigenvalue weighted by Crippen LogP contribution is 2.44. The first-order chi connectivity index (χ1) is 10.8. The van der Waals surface area contributed by atoms with Gasteiger partial charge in [0.1, 0.15) is 11.3 Å². The van der Waals surface area contributed by atoms with Gasteiger partial charge in [-0.15, -0.1) is 0 Å². The molecule has 2 fully saturated rings. The average Bonchev–Trinajstić information content (AvgIpc) is 3.43. The van der Waals surface area contributed by atoms with Gasteiger partial charge in [-0.25, -0.2) is 0 Å². The van der Waals surface area contributed by atoms with Crippen molar-refractivity contribution in [2.24, 2.45) is 11.8 Å². The van der Waals surface area contributed by atoms with E-state index in [1.807, 2.05) is 30.3 Å². The van der Waals surface area contributed by atoms with E-state index in [0.29, 0.717) is 23.6 Å². The van der Waals surface area contributed by atoms with Crippen LogP contribution in [0.4, 0.5) is 0 Å². The second-order valence-corrected chi connectivity index (χ2v) is 6.39. The number of ether oxygens (including phenoxy) is 1. The number of aromatic nitrogens is 1. The van der Waals surface area contributed by atoms with Gasteiger partial charge in [0.25, 0.3) is 5.91 Å². The van der Waals surface area contributed by atoms with Crippen LogP contribution in [0.25, 0.3) is 10.9 Å². The summed E-state index contributed by atoms with van der Waals surface area (Å²) in [5.74, 6) is 2.06. The van der Waals surface area contributed by atoms with Crippen molar-refractivity contribution in [3.63, 3.8) is 0 Å². The Morgan fingerprint density at radius 3 is 2.64 bits per heavy atom. The van der Waals surface area contributed by atoms with Crippen molar-refractivity contribution in [3.8, 4) is 5.75 Å². The number of nitrogens with zero attached hydrogens (tertiary/aromatic N) is 1.